The quantitative estimate of drug-likeness (QED) is 0.894. The van der Waals surface area contributed by atoms with Crippen molar-refractivity contribution in [2.24, 2.45) is 7.05 Å². The second kappa shape index (κ2) is 6.23. The second-order valence-corrected chi connectivity index (χ2v) is 4.79. The zero-order valence-corrected chi connectivity index (χ0v) is 12.1. The van der Waals surface area contributed by atoms with E-state index < -0.39 is 0 Å². The number of hydrogen-bond donors (Lipinski definition) is 2. The van der Waals surface area contributed by atoms with Crippen LogP contribution >= 0.6 is 0 Å². The zero-order chi connectivity index (χ0) is 14.5. The molecule has 1 heterocycles. The summed E-state index contributed by atoms with van der Waals surface area (Å²) < 4.78 is 1.83. The van der Waals surface area contributed by atoms with Crippen LogP contribution in [-0.4, -0.2) is 15.8 Å². The van der Waals surface area contributed by atoms with Crippen molar-refractivity contribution in [1.82, 2.24) is 20.4 Å². The Labute approximate surface area is 119 Å². The van der Waals surface area contributed by atoms with Crippen molar-refractivity contribution in [2.45, 2.75) is 26.9 Å². The molecule has 5 heteroatoms. The largest absolute Gasteiger partial charge is 0.334 e. The van der Waals surface area contributed by atoms with Crippen LogP contribution in [0.15, 0.2) is 30.3 Å². The molecule has 0 aliphatic carbocycles. The van der Waals surface area contributed by atoms with Crippen LogP contribution in [0.2, 0.25) is 0 Å². The van der Waals surface area contributed by atoms with Gasteiger partial charge in [0.2, 0.25) is 0 Å². The fraction of sp³-hybridized carbons (Fsp3) is 0.333. The lowest BCUT2D eigenvalue weighted by molar-refractivity contribution is 0.240. The van der Waals surface area contributed by atoms with E-state index in [0.29, 0.717) is 13.1 Å². The summed E-state index contributed by atoms with van der Waals surface area (Å²) in [7, 11) is 1.90. The molecular weight excluding hydrogens is 252 g/mol. The highest BCUT2D eigenvalue weighted by Crippen LogP contribution is 2.10. The molecule has 20 heavy (non-hydrogen) atoms. The number of amides is 2. The Bertz CT molecular complexity index is 589. The van der Waals surface area contributed by atoms with Gasteiger partial charge in [0, 0.05) is 31.4 Å². The smallest absolute Gasteiger partial charge is 0.315 e. The molecule has 0 bridgehead atoms. The number of rotatable bonds is 4. The minimum absolute atomic E-state index is 0.170. The van der Waals surface area contributed by atoms with Crippen LogP contribution in [0.5, 0.6) is 0 Å². The van der Waals surface area contributed by atoms with Gasteiger partial charge in [0.25, 0.3) is 0 Å². The third-order valence-corrected chi connectivity index (χ3v) is 3.38. The molecule has 1 aromatic heterocycles. The lowest BCUT2D eigenvalue weighted by atomic mass is 10.2. The maximum atomic E-state index is 11.8. The van der Waals surface area contributed by atoms with Gasteiger partial charge in [-0.25, -0.2) is 4.79 Å². The number of benzene rings is 1. The van der Waals surface area contributed by atoms with Gasteiger partial charge in [0.1, 0.15) is 0 Å². The minimum atomic E-state index is -0.170. The lowest BCUT2D eigenvalue weighted by Gasteiger charge is -2.08. The molecule has 0 unspecified atom stereocenters. The second-order valence-electron chi connectivity index (χ2n) is 4.79. The Balaban J connectivity index is 1.83. The van der Waals surface area contributed by atoms with E-state index in [1.807, 2.05) is 55.9 Å². The van der Waals surface area contributed by atoms with Crippen LogP contribution in [0, 0.1) is 13.8 Å². The van der Waals surface area contributed by atoms with E-state index >= 15 is 0 Å². The molecule has 5 nitrogen and oxygen atoms in total. The molecule has 0 atom stereocenters. The number of nitrogens with zero attached hydrogens (tertiary/aromatic N) is 2. The summed E-state index contributed by atoms with van der Waals surface area (Å²) in [6.07, 6.45) is 0. The summed E-state index contributed by atoms with van der Waals surface area (Å²) >= 11 is 0. The van der Waals surface area contributed by atoms with Crippen LogP contribution < -0.4 is 10.6 Å². The molecule has 2 rings (SSSR count). The fourth-order valence-electron chi connectivity index (χ4n) is 2.08. The topological polar surface area (TPSA) is 59.0 Å². The number of nitrogens with one attached hydrogen (secondary N) is 2. The average molecular weight is 272 g/mol. The Morgan fingerprint density at radius 1 is 1.15 bits per heavy atom. The van der Waals surface area contributed by atoms with Gasteiger partial charge in [0.15, 0.2) is 0 Å². The van der Waals surface area contributed by atoms with Crippen molar-refractivity contribution in [3.8, 4) is 0 Å². The van der Waals surface area contributed by atoms with E-state index in [-0.39, 0.29) is 6.03 Å². The highest BCUT2D eigenvalue weighted by molar-refractivity contribution is 5.73. The van der Waals surface area contributed by atoms with Gasteiger partial charge in [-0.05, 0) is 19.4 Å². The Morgan fingerprint density at radius 2 is 1.80 bits per heavy atom. The Hall–Kier alpha value is -2.30. The van der Waals surface area contributed by atoms with E-state index in [4.69, 9.17) is 0 Å². The first-order valence-corrected chi connectivity index (χ1v) is 6.62. The molecule has 0 spiro atoms. The zero-order valence-electron chi connectivity index (χ0n) is 12.1. The van der Waals surface area contributed by atoms with Gasteiger partial charge in [-0.2, -0.15) is 5.10 Å². The van der Waals surface area contributed by atoms with Crippen molar-refractivity contribution in [3.05, 3.63) is 52.8 Å². The normalized spacial score (nSPS) is 10.3. The van der Waals surface area contributed by atoms with E-state index in [1.165, 1.54) is 0 Å². The molecule has 0 radical (unpaired) electrons. The molecule has 0 saturated carbocycles. The van der Waals surface area contributed by atoms with Gasteiger partial charge in [-0.3, -0.25) is 4.68 Å². The minimum Gasteiger partial charge on any atom is -0.334 e. The Morgan fingerprint density at radius 3 is 2.40 bits per heavy atom. The van der Waals surface area contributed by atoms with Crippen molar-refractivity contribution in [2.75, 3.05) is 0 Å². The van der Waals surface area contributed by atoms with Crippen molar-refractivity contribution >= 4 is 6.03 Å². The monoisotopic (exact) mass is 272 g/mol. The molecule has 2 N–H and O–H groups in total. The van der Waals surface area contributed by atoms with Gasteiger partial charge < -0.3 is 10.6 Å². The number of hydrogen-bond acceptors (Lipinski definition) is 2. The van der Waals surface area contributed by atoms with E-state index in [9.17, 15) is 4.79 Å². The summed E-state index contributed by atoms with van der Waals surface area (Å²) in [5.74, 6) is 0. The number of aryl methyl sites for hydroxylation is 2. The molecule has 0 saturated heterocycles. The predicted octanol–water partition coefficient (Wildman–Crippen LogP) is 2.04. The molecule has 106 valence electrons. The average Bonchev–Trinajstić information content (AvgIpc) is 2.69. The summed E-state index contributed by atoms with van der Waals surface area (Å²) in [5, 5.41) is 10.0. The third-order valence-electron chi connectivity index (χ3n) is 3.38. The first kappa shape index (κ1) is 14.1. The van der Waals surface area contributed by atoms with Crippen molar-refractivity contribution in [3.63, 3.8) is 0 Å². The fourth-order valence-corrected chi connectivity index (χ4v) is 2.08. The summed E-state index contributed by atoms with van der Waals surface area (Å²) in [5.41, 5.74) is 4.18. The third kappa shape index (κ3) is 3.38. The maximum Gasteiger partial charge on any atom is 0.315 e. The number of aromatic nitrogens is 2. The number of urea groups is 1. The van der Waals surface area contributed by atoms with Crippen LogP contribution in [-0.2, 0) is 20.1 Å². The van der Waals surface area contributed by atoms with E-state index in [0.717, 1.165) is 22.5 Å². The van der Waals surface area contributed by atoms with Gasteiger partial charge in [-0.1, -0.05) is 30.3 Å². The first-order chi connectivity index (χ1) is 9.58. The standard InChI is InChI=1S/C15H20N4O/c1-11-14(12(2)19(3)18-11)10-17-15(20)16-9-13-7-5-4-6-8-13/h4-8H,9-10H2,1-3H3,(H2,16,17,20). The SMILES string of the molecule is Cc1nn(C)c(C)c1CNC(=O)NCc1ccccc1. The molecule has 2 amide bonds. The molecule has 2 aromatic rings. The number of carbonyl (C=O) groups excluding carboxylic acids is 1. The van der Waals surface area contributed by atoms with Gasteiger partial charge in [-0.15, -0.1) is 0 Å². The first-order valence-electron chi connectivity index (χ1n) is 6.62. The van der Waals surface area contributed by atoms with Crippen molar-refractivity contribution in [1.29, 1.82) is 0 Å². The number of carbonyl (C=O) groups is 1. The summed E-state index contributed by atoms with van der Waals surface area (Å²) in [6.45, 7) is 4.97. The van der Waals surface area contributed by atoms with Crippen LogP contribution in [0.4, 0.5) is 4.79 Å². The Kier molecular flexibility index (Phi) is 4.40. The molecular formula is C15H20N4O. The highest BCUT2D eigenvalue weighted by atomic mass is 16.2. The molecule has 1 aromatic carbocycles. The molecule has 0 aliphatic heterocycles. The van der Waals surface area contributed by atoms with Crippen LogP contribution in [0.3, 0.4) is 0 Å². The summed E-state index contributed by atoms with van der Waals surface area (Å²) in [6, 6.07) is 9.66. The maximum absolute atomic E-state index is 11.8. The van der Waals surface area contributed by atoms with E-state index in [1.54, 1.807) is 0 Å². The summed E-state index contributed by atoms with van der Waals surface area (Å²) in [4.78, 5) is 11.8. The van der Waals surface area contributed by atoms with Crippen LogP contribution in [0.1, 0.15) is 22.5 Å². The predicted molar refractivity (Wildman–Crippen MR) is 78.2 cm³/mol. The van der Waals surface area contributed by atoms with Crippen LogP contribution in [0.25, 0.3) is 0 Å². The highest BCUT2D eigenvalue weighted by Gasteiger charge is 2.10. The van der Waals surface area contributed by atoms with E-state index in [2.05, 4.69) is 15.7 Å². The van der Waals surface area contributed by atoms with Crippen molar-refractivity contribution < 1.29 is 4.79 Å². The molecule has 0 fully saturated rings. The van der Waals surface area contributed by atoms with Gasteiger partial charge >= 0.3 is 6.03 Å². The lowest BCUT2D eigenvalue weighted by Crippen LogP contribution is -2.34. The molecule has 0 aliphatic rings. The van der Waals surface area contributed by atoms with Gasteiger partial charge in [0.05, 0.1) is 5.69 Å².